The average molecular weight is 232 g/mol. The normalized spacial score (nSPS) is 22.4. The molecule has 17 heavy (non-hydrogen) atoms. The van der Waals surface area contributed by atoms with Crippen LogP contribution < -0.4 is 0 Å². The first kappa shape index (κ1) is 12.3. The third kappa shape index (κ3) is 3.40. The van der Waals surface area contributed by atoms with Crippen LogP contribution in [0.1, 0.15) is 37.7 Å². The number of Topliss-reactive ketones (excluding diaryl/α,β-unsaturated/α-hetero) is 1. The molecule has 1 N–H and O–H groups in total. The van der Waals surface area contributed by atoms with Gasteiger partial charge in [-0.1, -0.05) is 36.8 Å². The van der Waals surface area contributed by atoms with Crippen molar-refractivity contribution in [2.45, 2.75) is 44.6 Å². The molecule has 1 aromatic carbocycles. The predicted molar refractivity (Wildman–Crippen MR) is 67.7 cm³/mol. The molecule has 2 heteroatoms. The van der Waals surface area contributed by atoms with Gasteiger partial charge in [-0.15, -0.1) is 0 Å². The Morgan fingerprint density at radius 2 is 2.00 bits per heavy atom. The second-order valence-electron chi connectivity index (χ2n) is 4.91. The van der Waals surface area contributed by atoms with E-state index in [9.17, 15) is 9.90 Å². The third-order valence-corrected chi connectivity index (χ3v) is 3.64. The largest absolute Gasteiger partial charge is 0.392 e. The Balaban J connectivity index is 1.84. The van der Waals surface area contributed by atoms with Gasteiger partial charge in [-0.2, -0.15) is 0 Å². The van der Waals surface area contributed by atoms with E-state index in [4.69, 9.17) is 0 Å². The lowest BCUT2D eigenvalue weighted by Crippen LogP contribution is -2.31. The summed E-state index contributed by atoms with van der Waals surface area (Å²) in [5.74, 6) is 0.157. The first-order chi connectivity index (χ1) is 8.27. The van der Waals surface area contributed by atoms with Gasteiger partial charge in [-0.3, -0.25) is 4.79 Å². The van der Waals surface area contributed by atoms with Crippen LogP contribution in [0, 0.1) is 5.92 Å². The fraction of sp³-hybridized carbons (Fsp3) is 0.533. The second kappa shape index (κ2) is 5.97. The summed E-state index contributed by atoms with van der Waals surface area (Å²) >= 11 is 0. The molecular weight excluding hydrogens is 212 g/mol. The van der Waals surface area contributed by atoms with E-state index in [0.717, 1.165) is 25.7 Å². The molecule has 0 spiro atoms. The number of benzene rings is 1. The molecule has 0 saturated heterocycles. The van der Waals surface area contributed by atoms with Crippen LogP contribution in [0.25, 0.3) is 0 Å². The monoisotopic (exact) mass is 232 g/mol. The van der Waals surface area contributed by atoms with Gasteiger partial charge < -0.3 is 5.11 Å². The van der Waals surface area contributed by atoms with Crippen LogP contribution in [0.15, 0.2) is 30.3 Å². The minimum Gasteiger partial charge on any atom is -0.392 e. The molecule has 0 radical (unpaired) electrons. The average Bonchev–Trinajstić information content (AvgIpc) is 2.38. The molecule has 0 amide bonds. The van der Waals surface area contributed by atoms with E-state index in [1.165, 1.54) is 5.56 Å². The number of ketones is 1. The van der Waals surface area contributed by atoms with Crippen molar-refractivity contribution in [3.05, 3.63) is 35.9 Å². The quantitative estimate of drug-likeness (QED) is 0.866. The van der Waals surface area contributed by atoms with Gasteiger partial charge in [0.15, 0.2) is 0 Å². The molecule has 0 aromatic heterocycles. The van der Waals surface area contributed by atoms with E-state index in [2.05, 4.69) is 12.1 Å². The SMILES string of the molecule is O=C1CCCC[C@@H]1[C@@H](O)CCc1ccccc1. The molecular formula is C15H20O2. The van der Waals surface area contributed by atoms with Crippen LogP contribution >= 0.6 is 0 Å². The van der Waals surface area contributed by atoms with E-state index in [0.29, 0.717) is 12.8 Å². The number of aliphatic hydroxyl groups excluding tert-OH is 1. The van der Waals surface area contributed by atoms with Gasteiger partial charge in [-0.25, -0.2) is 0 Å². The molecule has 92 valence electrons. The maximum atomic E-state index is 11.7. The van der Waals surface area contributed by atoms with Gasteiger partial charge in [0.2, 0.25) is 0 Å². The van der Waals surface area contributed by atoms with Crippen molar-refractivity contribution in [3.8, 4) is 0 Å². The Kier molecular flexibility index (Phi) is 4.32. The number of carbonyl (C=O) groups is 1. The number of hydrogen-bond acceptors (Lipinski definition) is 2. The van der Waals surface area contributed by atoms with E-state index in [1.807, 2.05) is 18.2 Å². The van der Waals surface area contributed by atoms with Gasteiger partial charge in [0, 0.05) is 12.3 Å². The van der Waals surface area contributed by atoms with Crippen molar-refractivity contribution in [2.75, 3.05) is 0 Å². The topological polar surface area (TPSA) is 37.3 Å². The van der Waals surface area contributed by atoms with Crippen molar-refractivity contribution >= 4 is 5.78 Å². The van der Waals surface area contributed by atoms with Gasteiger partial charge in [-0.05, 0) is 31.2 Å². The first-order valence-corrected chi connectivity index (χ1v) is 6.52. The van der Waals surface area contributed by atoms with Gasteiger partial charge >= 0.3 is 0 Å². The highest BCUT2D eigenvalue weighted by atomic mass is 16.3. The van der Waals surface area contributed by atoms with Crippen LogP contribution in [0.5, 0.6) is 0 Å². The summed E-state index contributed by atoms with van der Waals surface area (Å²) in [5, 5.41) is 10.1. The minimum absolute atomic E-state index is 0.104. The molecule has 1 saturated carbocycles. The third-order valence-electron chi connectivity index (χ3n) is 3.64. The summed E-state index contributed by atoms with van der Waals surface area (Å²) in [4.78, 5) is 11.7. The molecule has 2 rings (SSSR count). The van der Waals surface area contributed by atoms with Crippen LogP contribution in [-0.4, -0.2) is 17.0 Å². The number of rotatable bonds is 4. The zero-order chi connectivity index (χ0) is 12.1. The Labute approximate surface area is 103 Å². The Morgan fingerprint density at radius 3 is 2.71 bits per heavy atom. The highest BCUT2D eigenvalue weighted by molar-refractivity contribution is 5.82. The smallest absolute Gasteiger partial charge is 0.138 e. The Bertz CT molecular complexity index is 358. The van der Waals surface area contributed by atoms with Crippen molar-refractivity contribution in [2.24, 2.45) is 5.92 Å². The fourth-order valence-electron chi connectivity index (χ4n) is 2.58. The van der Waals surface area contributed by atoms with Crippen LogP contribution in [-0.2, 0) is 11.2 Å². The number of aliphatic hydroxyl groups is 1. The second-order valence-corrected chi connectivity index (χ2v) is 4.91. The molecule has 0 aliphatic heterocycles. The Morgan fingerprint density at radius 1 is 1.24 bits per heavy atom. The maximum Gasteiger partial charge on any atom is 0.138 e. The van der Waals surface area contributed by atoms with E-state index in [1.54, 1.807) is 0 Å². The molecule has 2 nitrogen and oxygen atoms in total. The summed E-state index contributed by atoms with van der Waals surface area (Å²) in [6, 6.07) is 10.1. The molecule has 0 heterocycles. The molecule has 1 aliphatic carbocycles. The predicted octanol–water partition coefficient (Wildman–Crippen LogP) is 2.74. The summed E-state index contributed by atoms with van der Waals surface area (Å²) in [7, 11) is 0. The summed E-state index contributed by atoms with van der Waals surface area (Å²) in [6.45, 7) is 0. The first-order valence-electron chi connectivity index (χ1n) is 6.52. The van der Waals surface area contributed by atoms with E-state index < -0.39 is 6.10 Å². The standard InChI is InChI=1S/C15H20O2/c16-14-9-5-4-8-13(14)15(17)11-10-12-6-2-1-3-7-12/h1-3,6-7,13,15,17H,4-5,8-11H2/t13-,15-/m0/s1. The lowest BCUT2D eigenvalue weighted by atomic mass is 9.82. The summed E-state index contributed by atoms with van der Waals surface area (Å²) < 4.78 is 0. The fourth-order valence-corrected chi connectivity index (χ4v) is 2.58. The molecule has 2 atom stereocenters. The molecule has 1 fully saturated rings. The van der Waals surface area contributed by atoms with Crippen molar-refractivity contribution in [1.29, 1.82) is 0 Å². The summed E-state index contributed by atoms with van der Waals surface area (Å²) in [6.07, 6.45) is 4.70. The van der Waals surface area contributed by atoms with Crippen molar-refractivity contribution < 1.29 is 9.90 Å². The van der Waals surface area contributed by atoms with Crippen LogP contribution in [0.4, 0.5) is 0 Å². The molecule has 0 unspecified atom stereocenters. The van der Waals surface area contributed by atoms with Crippen LogP contribution in [0.3, 0.4) is 0 Å². The highest BCUT2D eigenvalue weighted by Gasteiger charge is 2.28. The minimum atomic E-state index is -0.456. The molecule has 1 aliphatic rings. The summed E-state index contributed by atoms with van der Waals surface area (Å²) in [5.41, 5.74) is 1.23. The van der Waals surface area contributed by atoms with Crippen LogP contribution in [0.2, 0.25) is 0 Å². The van der Waals surface area contributed by atoms with Gasteiger partial charge in [0.05, 0.1) is 6.10 Å². The zero-order valence-corrected chi connectivity index (χ0v) is 10.1. The number of hydrogen-bond donors (Lipinski definition) is 1. The molecule has 1 aromatic rings. The van der Waals surface area contributed by atoms with Gasteiger partial charge in [0.1, 0.15) is 5.78 Å². The highest BCUT2D eigenvalue weighted by Crippen LogP contribution is 2.25. The van der Waals surface area contributed by atoms with Gasteiger partial charge in [0.25, 0.3) is 0 Å². The Hall–Kier alpha value is -1.15. The van der Waals surface area contributed by atoms with Crippen molar-refractivity contribution in [1.82, 2.24) is 0 Å². The molecule has 0 bridgehead atoms. The lowest BCUT2D eigenvalue weighted by Gasteiger charge is -2.25. The lowest BCUT2D eigenvalue weighted by molar-refractivity contribution is -0.128. The zero-order valence-electron chi connectivity index (χ0n) is 10.1. The van der Waals surface area contributed by atoms with E-state index in [-0.39, 0.29) is 11.7 Å². The van der Waals surface area contributed by atoms with Crippen molar-refractivity contribution in [3.63, 3.8) is 0 Å². The number of carbonyl (C=O) groups excluding carboxylic acids is 1. The van der Waals surface area contributed by atoms with E-state index >= 15 is 0 Å². The number of aryl methyl sites for hydroxylation is 1. The maximum absolute atomic E-state index is 11.7.